The van der Waals surface area contributed by atoms with Gasteiger partial charge in [0.2, 0.25) is 5.76 Å². The van der Waals surface area contributed by atoms with E-state index in [0.717, 1.165) is 40.8 Å². The van der Waals surface area contributed by atoms with E-state index in [9.17, 15) is 14.7 Å². The van der Waals surface area contributed by atoms with Crippen LogP contribution in [0.25, 0.3) is 21.6 Å². The van der Waals surface area contributed by atoms with Gasteiger partial charge in [-0.3, -0.25) is 9.36 Å². The lowest BCUT2D eigenvalue weighted by molar-refractivity contribution is 0.0660. The Morgan fingerprint density at radius 3 is 2.90 bits per heavy atom. The van der Waals surface area contributed by atoms with Crippen LogP contribution < -0.4 is 5.56 Å². The number of furan rings is 1. The monoisotopic (exact) mass is 434 g/mol. The van der Waals surface area contributed by atoms with Crippen LogP contribution in [-0.4, -0.2) is 20.6 Å². The van der Waals surface area contributed by atoms with Gasteiger partial charge in [0.15, 0.2) is 0 Å². The third-order valence-corrected chi connectivity index (χ3v) is 7.03. The van der Waals surface area contributed by atoms with E-state index in [-0.39, 0.29) is 17.9 Å². The first-order chi connectivity index (χ1) is 14.9. The number of benzene rings is 1. The zero-order valence-electron chi connectivity index (χ0n) is 17.3. The molecule has 1 N–H and O–H groups in total. The maximum absolute atomic E-state index is 13.7. The van der Waals surface area contributed by atoms with Crippen molar-refractivity contribution in [1.82, 2.24) is 9.55 Å². The molecule has 7 heteroatoms. The second-order valence-electron chi connectivity index (χ2n) is 8.30. The minimum Gasteiger partial charge on any atom is -0.475 e. The number of nitrogens with zero attached hydrogens (tertiary/aromatic N) is 2. The Balaban J connectivity index is 1.73. The molecule has 0 aliphatic heterocycles. The number of hydrogen-bond acceptors (Lipinski definition) is 5. The predicted octanol–water partition coefficient (Wildman–Crippen LogP) is 4.90. The van der Waals surface area contributed by atoms with Gasteiger partial charge in [0.05, 0.1) is 11.9 Å². The summed E-state index contributed by atoms with van der Waals surface area (Å²) in [4.78, 5) is 31.9. The van der Waals surface area contributed by atoms with Crippen LogP contribution in [0.3, 0.4) is 0 Å². The van der Waals surface area contributed by atoms with Gasteiger partial charge in [0.25, 0.3) is 5.56 Å². The molecule has 158 valence electrons. The number of aromatic carboxylic acids is 1. The molecular weight excluding hydrogens is 412 g/mol. The summed E-state index contributed by atoms with van der Waals surface area (Å²) in [6.45, 7) is 4.37. The molecule has 1 aliphatic carbocycles. The van der Waals surface area contributed by atoms with Crippen LogP contribution in [0.4, 0.5) is 0 Å². The average Bonchev–Trinajstić information content (AvgIpc) is 3.34. The molecule has 0 saturated heterocycles. The third kappa shape index (κ3) is 3.49. The Morgan fingerprint density at radius 2 is 2.16 bits per heavy atom. The number of thiophene rings is 1. The van der Waals surface area contributed by atoms with E-state index in [4.69, 9.17) is 9.40 Å². The SMILES string of the molecule is Cc1cccc(-c2nc3sc4c(c3c(=O)n2Cc2ccc(C(=O)O)o2)CCC(C)C4)c1. The number of rotatable bonds is 4. The number of aryl methyl sites for hydroxylation is 2. The van der Waals surface area contributed by atoms with Crippen molar-refractivity contribution >= 4 is 27.5 Å². The van der Waals surface area contributed by atoms with Crippen LogP contribution in [0.1, 0.15) is 45.7 Å². The lowest BCUT2D eigenvalue weighted by atomic mass is 9.89. The summed E-state index contributed by atoms with van der Waals surface area (Å²) in [7, 11) is 0. The second kappa shape index (κ2) is 7.50. The number of carboxylic acid groups (broad SMARTS) is 1. The molecule has 0 radical (unpaired) electrons. The van der Waals surface area contributed by atoms with E-state index >= 15 is 0 Å². The molecule has 5 rings (SSSR count). The summed E-state index contributed by atoms with van der Waals surface area (Å²) < 4.78 is 7.07. The molecule has 0 saturated carbocycles. The molecule has 3 aromatic heterocycles. The van der Waals surface area contributed by atoms with Gasteiger partial charge >= 0.3 is 5.97 Å². The number of aromatic nitrogens is 2. The molecule has 0 fully saturated rings. The molecule has 0 spiro atoms. The summed E-state index contributed by atoms with van der Waals surface area (Å²) in [6, 6.07) is 10.9. The zero-order valence-corrected chi connectivity index (χ0v) is 18.2. The number of hydrogen-bond donors (Lipinski definition) is 1. The van der Waals surface area contributed by atoms with Crippen molar-refractivity contribution < 1.29 is 14.3 Å². The molecule has 1 unspecified atom stereocenters. The van der Waals surface area contributed by atoms with Gasteiger partial charge in [-0.05, 0) is 55.9 Å². The quantitative estimate of drug-likeness (QED) is 0.494. The zero-order chi connectivity index (χ0) is 21.7. The molecule has 31 heavy (non-hydrogen) atoms. The van der Waals surface area contributed by atoms with E-state index in [1.807, 2.05) is 31.2 Å². The van der Waals surface area contributed by atoms with Crippen molar-refractivity contribution in [2.75, 3.05) is 0 Å². The first-order valence-electron chi connectivity index (χ1n) is 10.3. The standard InChI is InChI=1S/C24H22N2O4S/c1-13-4-3-5-15(10-13)21-25-22-20(17-8-6-14(2)11-19(17)31-22)23(27)26(21)12-16-7-9-18(30-16)24(28)29/h3-5,7,9-10,14H,6,8,11-12H2,1-2H3,(H,28,29). The smallest absolute Gasteiger partial charge is 0.371 e. The fourth-order valence-corrected chi connectivity index (χ4v) is 5.68. The van der Waals surface area contributed by atoms with Crippen molar-refractivity contribution in [3.8, 4) is 11.4 Å². The Labute approximate surface area is 182 Å². The van der Waals surface area contributed by atoms with Crippen LogP contribution in [0.15, 0.2) is 45.6 Å². The van der Waals surface area contributed by atoms with E-state index in [2.05, 4.69) is 6.92 Å². The van der Waals surface area contributed by atoms with Crippen molar-refractivity contribution in [1.29, 1.82) is 0 Å². The average molecular weight is 435 g/mol. The lowest BCUT2D eigenvalue weighted by Crippen LogP contribution is -2.24. The van der Waals surface area contributed by atoms with E-state index in [1.165, 1.54) is 10.9 Å². The Bertz CT molecular complexity index is 1380. The van der Waals surface area contributed by atoms with Crippen molar-refractivity contribution in [2.24, 2.45) is 5.92 Å². The van der Waals surface area contributed by atoms with Gasteiger partial charge in [0.1, 0.15) is 16.4 Å². The maximum atomic E-state index is 13.7. The largest absolute Gasteiger partial charge is 0.475 e. The predicted molar refractivity (Wildman–Crippen MR) is 120 cm³/mol. The number of carboxylic acids is 1. The van der Waals surface area contributed by atoms with Gasteiger partial charge < -0.3 is 9.52 Å². The summed E-state index contributed by atoms with van der Waals surface area (Å²) in [6.07, 6.45) is 2.94. The molecule has 0 amide bonds. The van der Waals surface area contributed by atoms with Gasteiger partial charge in [-0.25, -0.2) is 9.78 Å². The summed E-state index contributed by atoms with van der Waals surface area (Å²) in [5.74, 6) is 0.313. The highest BCUT2D eigenvalue weighted by atomic mass is 32.1. The van der Waals surface area contributed by atoms with Crippen molar-refractivity contribution in [2.45, 2.75) is 39.7 Å². The fourth-order valence-electron chi connectivity index (χ4n) is 4.31. The Morgan fingerprint density at radius 1 is 1.32 bits per heavy atom. The summed E-state index contributed by atoms with van der Waals surface area (Å²) in [5.41, 5.74) is 2.96. The number of carbonyl (C=O) groups is 1. The fraction of sp³-hybridized carbons (Fsp3) is 0.292. The highest BCUT2D eigenvalue weighted by Crippen LogP contribution is 2.36. The van der Waals surface area contributed by atoms with Crippen LogP contribution in [0.2, 0.25) is 0 Å². The van der Waals surface area contributed by atoms with E-state index < -0.39 is 5.97 Å². The lowest BCUT2D eigenvalue weighted by Gasteiger charge is -2.17. The van der Waals surface area contributed by atoms with Crippen LogP contribution in [-0.2, 0) is 19.4 Å². The first kappa shape index (κ1) is 19.8. The highest BCUT2D eigenvalue weighted by Gasteiger charge is 2.25. The molecule has 4 aromatic rings. The van der Waals surface area contributed by atoms with Crippen LogP contribution >= 0.6 is 11.3 Å². The van der Waals surface area contributed by atoms with E-state index in [0.29, 0.717) is 22.9 Å². The number of fused-ring (bicyclic) bond motifs is 3. The minimum atomic E-state index is -1.13. The second-order valence-corrected chi connectivity index (χ2v) is 9.38. The van der Waals surface area contributed by atoms with Crippen molar-refractivity contribution in [3.05, 3.63) is 74.3 Å². The van der Waals surface area contributed by atoms with E-state index in [1.54, 1.807) is 22.0 Å². The van der Waals surface area contributed by atoms with Crippen molar-refractivity contribution in [3.63, 3.8) is 0 Å². The summed E-state index contributed by atoms with van der Waals surface area (Å²) in [5, 5.41) is 9.88. The third-order valence-electron chi connectivity index (χ3n) is 5.88. The van der Waals surface area contributed by atoms with Gasteiger partial charge in [-0.15, -0.1) is 11.3 Å². The molecule has 0 bridgehead atoms. The molecule has 1 atom stereocenters. The highest BCUT2D eigenvalue weighted by molar-refractivity contribution is 7.18. The Kier molecular flexibility index (Phi) is 4.78. The van der Waals surface area contributed by atoms with Gasteiger partial charge in [-0.2, -0.15) is 0 Å². The first-order valence-corrected chi connectivity index (χ1v) is 11.2. The Hall–Kier alpha value is -3.19. The van der Waals surface area contributed by atoms with Crippen LogP contribution in [0, 0.1) is 12.8 Å². The van der Waals surface area contributed by atoms with Crippen LogP contribution in [0.5, 0.6) is 0 Å². The molecular formula is C24H22N2O4S. The van der Waals surface area contributed by atoms with Gasteiger partial charge in [-0.1, -0.05) is 30.7 Å². The maximum Gasteiger partial charge on any atom is 0.371 e. The minimum absolute atomic E-state index is 0.0955. The topological polar surface area (TPSA) is 85.3 Å². The molecule has 1 aliphatic rings. The molecule has 1 aromatic carbocycles. The van der Waals surface area contributed by atoms with Gasteiger partial charge in [0, 0.05) is 10.4 Å². The molecule has 6 nitrogen and oxygen atoms in total. The molecule has 3 heterocycles. The normalized spacial score (nSPS) is 15.9. The summed E-state index contributed by atoms with van der Waals surface area (Å²) >= 11 is 1.63.